The third kappa shape index (κ3) is 4.81. The zero-order valence-electron chi connectivity index (χ0n) is 6.88. The van der Waals surface area contributed by atoms with Crippen LogP contribution in [0, 0.1) is 6.58 Å². The smallest absolute Gasteiger partial charge is 0.102 e. The van der Waals surface area contributed by atoms with Crippen LogP contribution in [0.4, 0.5) is 0 Å². The van der Waals surface area contributed by atoms with Gasteiger partial charge in [-0.3, -0.25) is 0 Å². The minimum Gasteiger partial charge on any atom is -0.512 e. The number of aliphatic hydroxyl groups is 1. The molecule has 0 aliphatic rings. The van der Waals surface area contributed by atoms with Crippen LogP contribution in [-0.2, 0) is 0 Å². The van der Waals surface area contributed by atoms with E-state index in [1.54, 1.807) is 6.08 Å². The Morgan fingerprint density at radius 2 is 2.00 bits per heavy atom. The standard InChI is InChI=1S/C7H15NO.Rf/c1-4-5-8(2,3)6-7-9;/h1,4,9H,5-7H2,2-3H3;. The SMILES string of the molecule is [CH-]=CC[N+](C)(C)CCO.[Rf]. The summed E-state index contributed by atoms with van der Waals surface area (Å²) in [5.74, 6) is 0. The fourth-order valence-electron chi connectivity index (χ4n) is 0.647. The molecule has 0 spiro atoms. The summed E-state index contributed by atoms with van der Waals surface area (Å²) in [6.07, 6.45) is 1.62. The predicted octanol–water partition coefficient (Wildman–Crippen LogP) is 0.0443. The van der Waals surface area contributed by atoms with Crippen LogP contribution < -0.4 is 0 Å². The molecule has 0 atom stereocenters. The molecule has 0 aliphatic heterocycles. The van der Waals surface area contributed by atoms with Crippen molar-refractivity contribution in [1.29, 1.82) is 0 Å². The number of likely N-dealkylation sites (N-methyl/N-ethyl adjacent to an activating group) is 1. The summed E-state index contributed by atoms with van der Waals surface area (Å²) in [6.45, 7) is 7.01. The van der Waals surface area contributed by atoms with Crippen LogP contribution in [0.1, 0.15) is 0 Å². The second kappa shape index (κ2) is 4.53. The van der Waals surface area contributed by atoms with Gasteiger partial charge in [-0.15, -0.1) is 0 Å². The molecule has 56 valence electrons. The largest absolute Gasteiger partial charge is 0.512 e. The van der Waals surface area contributed by atoms with E-state index >= 15 is 0 Å². The molecule has 0 aromatic rings. The molecule has 0 aromatic carbocycles. The average Bonchev–Trinajstić information content (AvgIpc) is 1.64. The van der Waals surface area contributed by atoms with Crippen molar-refractivity contribution in [1.82, 2.24) is 0 Å². The van der Waals surface area contributed by atoms with E-state index in [0.29, 0.717) is 0 Å². The molecule has 3 heteroatoms. The summed E-state index contributed by atoms with van der Waals surface area (Å²) in [4.78, 5) is 0. The molecule has 0 heterocycles. The molecule has 0 saturated carbocycles. The average molecular weight is 396 g/mol. The topological polar surface area (TPSA) is 20.2 Å². The van der Waals surface area contributed by atoms with Gasteiger partial charge in [0, 0.05) is 0 Å². The molecule has 0 rings (SSSR count). The third-order valence-corrected chi connectivity index (χ3v) is 1.30. The second-order valence-corrected chi connectivity index (χ2v) is 2.80. The van der Waals surface area contributed by atoms with Crippen molar-refractivity contribution >= 4 is 0 Å². The fourth-order valence-corrected chi connectivity index (χ4v) is 0.647. The summed E-state index contributed by atoms with van der Waals surface area (Å²) in [5, 5.41) is 8.56. The number of aliphatic hydroxyl groups excluding tert-OH is 1. The Kier molecular flexibility index (Phi) is 5.19. The van der Waals surface area contributed by atoms with Crippen molar-refractivity contribution in [3.63, 3.8) is 0 Å². The van der Waals surface area contributed by atoms with Gasteiger partial charge in [0.15, 0.2) is 0 Å². The van der Waals surface area contributed by atoms with Gasteiger partial charge in [0.05, 0.1) is 27.2 Å². The Morgan fingerprint density at radius 3 is 2.30 bits per heavy atom. The van der Waals surface area contributed by atoms with Crippen LogP contribution in [0.2, 0.25) is 0 Å². The maximum absolute atomic E-state index is 8.56. The third-order valence-electron chi connectivity index (χ3n) is 1.30. The van der Waals surface area contributed by atoms with E-state index in [0.717, 1.165) is 17.6 Å². The predicted molar refractivity (Wildman–Crippen MR) is 37.8 cm³/mol. The van der Waals surface area contributed by atoms with Gasteiger partial charge in [0.2, 0.25) is 0 Å². The number of nitrogens with zero attached hydrogens (tertiary/aromatic N) is 1. The van der Waals surface area contributed by atoms with Gasteiger partial charge in [-0.05, 0) is 0 Å². The van der Waals surface area contributed by atoms with Crippen molar-refractivity contribution in [2.45, 2.75) is 0 Å². The monoisotopic (exact) mass is 396 g/mol. The van der Waals surface area contributed by atoms with Crippen molar-refractivity contribution in [2.24, 2.45) is 0 Å². The van der Waals surface area contributed by atoms with Gasteiger partial charge in [0.1, 0.15) is 6.54 Å². The molecule has 0 aromatic heterocycles. The van der Waals surface area contributed by atoms with Crippen LogP contribution in [0.3, 0.4) is 0 Å². The number of hydrogen-bond acceptors (Lipinski definition) is 1. The van der Waals surface area contributed by atoms with Gasteiger partial charge in [-0.25, -0.2) is 6.08 Å². The summed E-state index contributed by atoms with van der Waals surface area (Å²) in [6, 6.07) is 0. The molecule has 0 bridgehead atoms. The molecule has 0 fully saturated rings. The maximum Gasteiger partial charge on any atom is 0.102 e. The van der Waals surface area contributed by atoms with Crippen LogP contribution in [0.15, 0.2) is 6.08 Å². The van der Waals surface area contributed by atoms with Crippen molar-refractivity contribution in [3.05, 3.63) is 12.7 Å². The minimum absolute atomic E-state index is 0. The Morgan fingerprint density at radius 1 is 1.50 bits per heavy atom. The Hall–Kier alpha value is -1.34. The number of quaternary nitrogens is 1. The van der Waals surface area contributed by atoms with E-state index in [9.17, 15) is 0 Å². The van der Waals surface area contributed by atoms with E-state index in [2.05, 4.69) is 0 Å². The molecule has 2 nitrogen and oxygen atoms in total. The van der Waals surface area contributed by atoms with Gasteiger partial charge in [-0.1, -0.05) is 0 Å². The molecule has 0 aliphatic carbocycles. The Balaban J connectivity index is 0. The number of rotatable bonds is 4. The quantitative estimate of drug-likeness (QED) is 0.526. The summed E-state index contributed by atoms with van der Waals surface area (Å²) in [5.41, 5.74) is 0. The maximum atomic E-state index is 8.56. The van der Waals surface area contributed by atoms with Gasteiger partial charge < -0.3 is 16.2 Å². The molecular weight excluding hydrogens is 381 g/mol. The Bertz CT molecular complexity index is 93.6. The molecule has 0 saturated heterocycles. The van der Waals surface area contributed by atoms with Gasteiger partial charge >= 0.3 is 0 Å². The van der Waals surface area contributed by atoms with E-state index in [4.69, 9.17) is 11.7 Å². The van der Waals surface area contributed by atoms with Crippen molar-refractivity contribution in [2.75, 3.05) is 33.8 Å². The first-order valence-corrected chi connectivity index (χ1v) is 3.08. The van der Waals surface area contributed by atoms with E-state index in [1.807, 2.05) is 14.1 Å². The molecule has 0 radical (unpaired) electrons. The molecule has 0 unspecified atom stereocenters. The first-order valence-electron chi connectivity index (χ1n) is 3.08. The zero-order chi connectivity index (χ0) is 7.33. The first kappa shape index (κ1) is 11.5. The molecule has 0 amide bonds. The van der Waals surface area contributed by atoms with Crippen LogP contribution in [-0.4, -0.2) is 43.4 Å². The number of hydrogen-bond donors (Lipinski definition) is 1. The summed E-state index contributed by atoms with van der Waals surface area (Å²) < 4.78 is 0.757. The van der Waals surface area contributed by atoms with E-state index < -0.39 is 0 Å². The first-order chi connectivity index (χ1) is 4.12. The zero-order valence-corrected chi connectivity index (χ0v) is 13.3. The van der Waals surface area contributed by atoms with Crippen LogP contribution >= 0.6 is 0 Å². The van der Waals surface area contributed by atoms with Crippen LogP contribution in [0.5, 0.6) is 0 Å². The van der Waals surface area contributed by atoms with Crippen molar-refractivity contribution < 1.29 is 9.59 Å². The van der Waals surface area contributed by atoms with Gasteiger partial charge in [-0.2, -0.15) is 0 Å². The van der Waals surface area contributed by atoms with Crippen molar-refractivity contribution in [3.8, 4) is 0 Å². The van der Waals surface area contributed by atoms with Gasteiger partial charge in [0.25, 0.3) is 0 Å². The molecular formula is C7H15NORf. The second-order valence-electron chi connectivity index (χ2n) is 2.80. The molecule has 1 N–H and O–H groups in total. The normalized spacial score (nSPS) is 10.3. The van der Waals surface area contributed by atoms with Crippen LogP contribution in [0.25, 0.3) is 0 Å². The Labute approximate surface area is 57.0 Å². The summed E-state index contributed by atoms with van der Waals surface area (Å²) in [7, 11) is 4.05. The minimum atomic E-state index is 0. The summed E-state index contributed by atoms with van der Waals surface area (Å²) >= 11 is 0. The molecule has 10 heavy (non-hydrogen) atoms. The fraction of sp³-hybridized carbons (Fsp3) is 0.714. The van der Waals surface area contributed by atoms with E-state index in [-0.39, 0.29) is 6.61 Å². The van der Waals surface area contributed by atoms with E-state index in [1.165, 1.54) is 0 Å².